The van der Waals surface area contributed by atoms with Crippen LogP contribution in [0.15, 0.2) is 24.3 Å². The maximum Gasteiger partial charge on any atom is 0.153 e. The molecule has 120 valence electrons. The van der Waals surface area contributed by atoms with Gasteiger partial charge in [0.15, 0.2) is 9.84 Å². The SMILES string of the molecule is CC(CC(O)c1ccc(F)cc1)NCC(C)(C)S(C)(=O)=O. The maximum atomic E-state index is 12.8. The van der Waals surface area contributed by atoms with E-state index in [1.807, 2.05) is 6.92 Å². The first kappa shape index (κ1) is 18.1. The highest BCUT2D eigenvalue weighted by Crippen LogP contribution is 2.19. The van der Waals surface area contributed by atoms with Gasteiger partial charge in [0.2, 0.25) is 0 Å². The van der Waals surface area contributed by atoms with Gasteiger partial charge in [0.05, 0.1) is 10.9 Å². The van der Waals surface area contributed by atoms with Gasteiger partial charge in [-0.2, -0.15) is 0 Å². The predicted octanol–water partition coefficient (Wildman–Crippen LogP) is 2.05. The molecule has 2 unspecified atom stereocenters. The molecule has 1 aromatic rings. The molecule has 2 N–H and O–H groups in total. The van der Waals surface area contributed by atoms with Gasteiger partial charge in [-0.3, -0.25) is 0 Å². The summed E-state index contributed by atoms with van der Waals surface area (Å²) in [5.41, 5.74) is 0.646. The Balaban J connectivity index is 2.54. The van der Waals surface area contributed by atoms with Gasteiger partial charge in [-0.1, -0.05) is 12.1 Å². The molecule has 0 heterocycles. The highest BCUT2D eigenvalue weighted by Gasteiger charge is 2.30. The van der Waals surface area contributed by atoms with E-state index >= 15 is 0 Å². The van der Waals surface area contributed by atoms with Crippen LogP contribution >= 0.6 is 0 Å². The Bertz CT molecular complexity index is 555. The van der Waals surface area contributed by atoms with E-state index in [1.165, 1.54) is 18.4 Å². The van der Waals surface area contributed by atoms with Crippen molar-refractivity contribution in [3.05, 3.63) is 35.6 Å². The highest BCUT2D eigenvalue weighted by molar-refractivity contribution is 7.92. The molecule has 0 bridgehead atoms. The van der Waals surface area contributed by atoms with Crippen LogP contribution in [-0.2, 0) is 9.84 Å². The molecule has 21 heavy (non-hydrogen) atoms. The number of aliphatic hydroxyl groups is 1. The summed E-state index contributed by atoms with van der Waals surface area (Å²) in [4.78, 5) is 0. The average Bonchev–Trinajstić information content (AvgIpc) is 2.36. The minimum Gasteiger partial charge on any atom is -0.388 e. The number of benzene rings is 1. The molecule has 0 aliphatic rings. The summed E-state index contributed by atoms with van der Waals surface area (Å²) in [5, 5.41) is 13.2. The summed E-state index contributed by atoms with van der Waals surface area (Å²) >= 11 is 0. The van der Waals surface area contributed by atoms with Crippen molar-refractivity contribution in [2.24, 2.45) is 0 Å². The zero-order chi connectivity index (χ0) is 16.3. The van der Waals surface area contributed by atoms with E-state index in [4.69, 9.17) is 0 Å². The first-order valence-electron chi connectivity index (χ1n) is 6.89. The number of hydrogen-bond acceptors (Lipinski definition) is 4. The summed E-state index contributed by atoms with van der Waals surface area (Å²) in [6.45, 7) is 5.52. The highest BCUT2D eigenvalue weighted by atomic mass is 32.2. The van der Waals surface area contributed by atoms with E-state index in [2.05, 4.69) is 5.32 Å². The third-order valence-electron chi connectivity index (χ3n) is 3.71. The van der Waals surface area contributed by atoms with Crippen molar-refractivity contribution in [3.8, 4) is 0 Å². The van der Waals surface area contributed by atoms with Gasteiger partial charge < -0.3 is 10.4 Å². The van der Waals surface area contributed by atoms with E-state index in [0.717, 1.165) is 0 Å². The van der Waals surface area contributed by atoms with Crippen molar-refractivity contribution >= 4 is 9.84 Å². The third kappa shape index (κ3) is 5.37. The van der Waals surface area contributed by atoms with E-state index in [9.17, 15) is 17.9 Å². The Hall–Kier alpha value is -0.980. The molecule has 0 amide bonds. The standard InChI is InChI=1S/C15H24FNO3S/c1-11(17-10-15(2,3)21(4,19)20)9-14(18)12-5-7-13(16)8-6-12/h5-8,11,14,17-18H,9-10H2,1-4H3. The number of hydrogen-bond donors (Lipinski definition) is 2. The molecule has 0 saturated carbocycles. The molecule has 6 heteroatoms. The minimum atomic E-state index is -3.15. The quantitative estimate of drug-likeness (QED) is 0.808. The van der Waals surface area contributed by atoms with E-state index < -0.39 is 20.7 Å². The zero-order valence-corrected chi connectivity index (χ0v) is 13.7. The number of sulfone groups is 1. The van der Waals surface area contributed by atoms with Crippen LogP contribution in [0.1, 0.15) is 38.9 Å². The van der Waals surface area contributed by atoms with Gasteiger partial charge in [0.25, 0.3) is 0 Å². The summed E-state index contributed by atoms with van der Waals surface area (Å²) in [6, 6.07) is 5.65. The first-order chi connectivity index (χ1) is 9.53. The predicted molar refractivity (Wildman–Crippen MR) is 82.4 cm³/mol. The lowest BCUT2D eigenvalue weighted by molar-refractivity contribution is 0.153. The number of rotatable bonds is 7. The van der Waals surface area contributed by atoms with Crippen LogP contribution in [0.4, 0.5) is 4.39 Å². The summed E-state index contributed by atoms with van der Waals surface area (Å²) < 4.78 is 35.2. The van der Waals surface area contributed by atoms with Gasteiger partial charge in [0.1, 0.15) is 5.82 Å². The molecule has 1 rings (SSSR count). The lowest BCUT2D eigenvalue weighted by Crippen LogP contribution is -2.44. The monoisotopic (exact) mass is 317 g/mol. The number of nitrogens with one attached hydrogen (secondary N) is 1. The van der Waals surface area contributed by atoms with Crippen LogP contribution in [0, 0.1) is 5.82 Å². The molecule has 0 aliphatic carbocycles. The Morgan fingerprint density at radius 1 is 1.29 bits per heavy atom. The van der Waals surface area contributed by atoms with Crippen LogP contribution in [0.2, 0.25) is 0 Å². The molecule has 0 aliphatic heterocycles. The molecule has 2 atom stereocenters. The fourth-order valence-electron chi connectivity index (χ4n) is 1.79. The van der Waals surface area contributed by atoms with Crippen LogP contribution < -0.4 is 5.32 Å². The molecule has 4 nitrogen and oxygen atoms in total. The van der Waals surface area contributed by atoms with Crippen LogP contribution in [0.3, 0.4) is 0 Å². The Kier molecular flexibility index (Phi) is 5.90. The molecule has 0 saturated heterocycles. The molecule has 1 aromatic carbocycles. The molecular weight excluding hydrogens is 293 g/mol. The van der Waals surface area contributed by atoms with Crippen molar-refractivity contribution in [1.29, 1.82) is 0 Å². The maximum absolute atomic E-state index is 12.8. The van der Waals surface area contributed by atoms with E-state index in [-0.39, 0.29) is 11.9 Å². The fraction of sp³-hybridized carbons (Fsp3) is 0.600. The second kappa shape index (κ2) is 6.85. The van der Waals surface area contributed by atoms with Crippen molar-refractivity contribution in [1.82, 2.24) is 5.32 Å². The van der Waals surface area contributed by atoms with Gasteiger partial charge in [-0.25, -0.2) is 12.8 Å². The molecule has 0 fully saturated rings. The molecule has 0 spiro atoms. The number of halogens is 1. The van der Waals surface area contributed by atoms with Crippen molar-refractivity contribution in [3.63, 3.8) is 0 Å². The zero-order valence-electron chi connectivity index (χ0n) is 12.9. The number of aliphatic hydroxyl groups excluding tert-OH is 1. The normalized spacial score (nSPS) is 15.7. The van der Waals surface area contributed by atoms with Crippen molar-refractivity contribution < 1.29 is 17.9 Å². The molecular formula is C15H24FNO3S. The van der Waals surface area contributed by atoms with Gasteiger partial charge in [-0.15, -0.1) is 0 Å². The lowest BCUT2D eigenvalue weighted by Gasteiger charge is -2.26. The Morgan fingerprint density at radius 2 is 1.81 bits per heavy atom. The Labute approximate surface area is 126 Å². The minimum absolute atomic E-state index is 0.0638. The van der Waals surface area contributed by atoms with Crippen molar-refractivity contribution in [2.75, 3.05) is 12.8 Å². The van der Waals surface area contributed by atoms with Crippen molar-refractivity contribution in [2.45, 2.75) is 44.1 Å². The van der Waals surface area contributed by atoms with Gasteiger partial charge in [0, 0.05) is 18.8 Å². The fourth-order valence-corrected chi connectivity index (χ4v) is 2.14. The molecule has 0 aromatic heterocycles. The average molecular weight is 317 g/mol. The van der Waals surface area contributed by atoms with E-state index in [1.54, 1.807) is 26.0 Å². The van der Waals surface area contributed by atoms with E-state index in [0.29, 0.717) is 18.5 Å². The summed E-state index contributed by atoms with van der Waals surface area (Å²) in [6.07, 6.45) is 0.924. The largest absolute Gasteiger partial charge is 0.388 e. The first-order valence-corrected chi connectivity index (χ1v) is 8.78. The third-order valence-corrected chi connectivity index (χ3v) is 5.86. The van der Waals surface area contributed by atoms with Gasteiger partial charge in [-0.05, 0) is 44.9 Å². The second-order valence-corrected chi connectivity index (χ2v) is 8.77. The van der Waals surface area contributed by atoms with Crippen LogP contribution in [-0.4, -0.2) is 37.1 Å². The molecule has 0 radical (unpaired) electrons. The van der Waals surface area contributed by atoms with Crippen LogP contribution in [0.25, 0.3) is 0 Å². The second-order valence-electron chi connectivity index (χ2n) is 6.12. The Morgan fingerprint density at radius 3 is 2.29 bits per heavy atom. The lowest BCUT2D eigenvalue weighted by atomic mass is 10.0. The summed E-state index contributed by atoms with van der Waals surface area (Å²) in [7, 11) is -3.15. The topological polar surface area (TPSA) is 66.4 Å². The van der Waals surface area contributed by atoms with Gasteiger partial charge >= 0.3 is 0 Å². The smallest absolute Gasteiger partial charge is 0.153 e. The van der Waals surface area contributed by atoms with Crippen LogP contribution in [0.5, 0.6) is 0 Å². The summed E-state index contributed by atoms with van der Waals surface area (Å²) in [5.74, 6) is -0.341.